The van der Waals surface area contributed by atoms with Crippen molar-refractivity contribution >= 4 is 0 Å². The Bertz CT molecular complexity index is 549. The SMILES string of the molecule is COc1cccc(COc2ccc(C)cc2CO)c1. The van der Waals surface area contributed by atoms with Gasteiger partial charge in [-0.2, -0.15) is 0 Å². The zero-order valence-corrected chi connectivity index (χ0v) is 11.2. The molecule has 0 bridgehead atoms. The molecule has 0 aliphatic heterocycles. The summed E-state index contributed by atoms with van der Waals surface area (Å²) in [6.45, 7) is 2.42. The zero-order valence-electron chi connectivity index (χ0n) is 11.2. The lowest BCUT2D eigenvalue weighted by Crippen LogP contribution is -1.99. The smallest absolute Gasteiger partial charge is 0.125 e. The summed E-state index contributed by atoms with van der Waals surface area (Å²) in [4.78, 5) is 0. The van der Waals surface area contributed by atoms with Gasteiger partial charge in [-0.25, -0.2) is 0 Å². The molecule has 1 N–H and O–H groups in total. The molecule has 0 aliphatic rings. The summed E-state index contributed by atoms with van der Waals surface area (Å²) in [7, 11) is 1.64. The molecule has 100 valence electrons. The van der Waals surface area contributed by atoms with Crippen LogP contribution in [0.25, 0.3) is 0 Å². The zero-order chi connectivity index (χ0) is 13.7. The van der Waals surface area contributed by atoms with Gasteiger partial charge in [-0.15, -0.1) is 0 Å². The number of benzene rings is 2. The third-order valence-electron chi connectivity index (χ3n) is 2.91. The summed E-state index contributed by atoms with van der Waals surface area (Å²) >= 11 is 0. The predicted molar refractivity (Wildman–Crippen MR) is 74.4 cm³/mol. The van der Waals surface area contributed by atoms with Gasteiger partial charge in [-0.3, -0.25) is 0 Å². The highest BCUT2D eigenvalue weighted by Crippen LogP contribution is 2.22. The minimum Gasteiger partial charge on any atom is -0.497 e. The van der Waals surface area contributed by atoms with Crippen molar-refractivity contribution in [3.8, 4) is 11.5 Å². The molecule has 0 saturated heterocycles. The Morgan fingerprint density at radius 2 is 1.95 bits per heavy atom. The van der Waals surface area contributed by atoms with Gasteiger partial charge in [0.2, 0.25) is 0 Å². The molecule has 0 fully saturated rings. The molecule has 0 unspecified atom stereocenters. The second-order valence-electron chi connectivity index (χ2n) is 4.41. The fourth-order valence-corrected chi connectivity index (χ4v) is 1.90. The summed E-state index contributed by atoms with van der Waals surface area (Å²) in [5.74, 6) is 1.53. The number of aliphatic hydroxyl groups is 1. The van der Waals surface area contributed by atoms with Gasteiger partial charge in [0.15, 0.2) is 0 Å². The van der Waals surface area contributed by atoms with Crippen LogP contribution in [0, 0.1) is 6.92 Å². The predicted octanol–water partition coefficient (Wildman–Crippen LogP) is 3.07. The van der Waals surface area contributed by atoms with E-state index in [0.29, 0.717) is 6.61 Å². The van der Waals surface area contributed by atoms with Gasteiger partial charge >= 0.3 is 0 Å². The van der Waals surface area contributed by atoms with E-state index < -0.39 is 0 Å². The molecule has 2 rings (SSSR count). The molecule has 0 amide bonds. The lowest BCUT2D eigenvalue weighted by molar-refractivity contribution is 0.258. The maximum atomic E-state index is 9.32. The van der Waals surface area contributed by atoms with Crippen LogP contribution < -0.4 is 9.47 Å². The summed E-state index contributed by atoms with van der Waals surface area (Å²) in [6.07, 6.45) is 0. The average Bonchev–Trinajstić information content (AvgIpc) is 2.46. The van der Waals surface area contributed by atoms with Crippen LogP contribution in [0.4, 0.5) is 0 Å². The molecule has 2 aromatic rings. The summed E-state index contributed by atoms with van der Waals surface area (Å²) in [5.41, 5.74) is 2.95. The highest BCUT2D eigenvalue weighted by atomic mass is 16.5. The van der Waals surface area contributed by atoms with Crippen LogP contribution in [0.5, 0.6) is 11.5 Å². The minimum absolute atomic E-state index is 0.0187. The first-order valence-corrected chi connectivity index (χ1v) is 6.19. The maximum absolute atomic E-state index is 9.32. The van der Waals surface area contributed by atoms with E-state index in [-0.39, 0.29) is 6.61 Å². The summed E-state index contributed by atoms with van der Waals surface area (Å²) in [5, 5.41) is 9.32. The average molecular weight is 258 g/mol. The quantitative estimate of drug-likeness (QED) is 0.895. The molecular formula is C16H18O3. The van der Waals surface area contributed by atoms with E-state index in [1.807, 2.05) is 49.4 Å². The maximum Gasteiger partial charge on any atom is 0.125 e. The minimum atomic E-state index is -0.0187. The van der Waals surface area contributed by atoms with E-state index in [1.54, 1.807) is 7.11 Å². The number of rotatable bonds is 5. The lowest BCUT2D eigenvalue weighted by atomic mass is 10.1. The Kier molecular flexibility index (Phi) is 4.42. The Morgan fingerprint density at radius 1 is 1.11 bits per heavy atom. The molecule has 0 heterocycles. The van der Waals surface area contributed by atoms with Gasteiger partial charge in [0.05, 0.1) is 13.7 Å². The molecule has 2 aromatic carbocycles. The van der Waals surface area contributed by atoms with E-state index in [4.69, 9.17) is 9.47 Å². The second-order valence-corrected chi connectivity index (χ2v) is 4.41. The fourth-order valence-electron chi connectivity index (χ4n) is 1.90. The van der Waals surface area contributed by atoms with Crippen molar-refractivity contribution in [1.82, 2.24) is 0 Å². The van der Waals surface area contributed by atoms with E-state index in [0.717, 1.165) is 28.2 Å². The molecule has 3 nitrogen and oxygen atoms in total. The normalized spacial score (nSPS) is 10.3. The molecule has 0 radical (unpaired) electrons. The van der Waals surface area contributed by atoms with E-state index in [9.17, 15) is 5.11 Å². The molecule has 19 heavy (non-hydrogen) atoms. The van der Waals surface area contributed by atoms with Crippen LogP contribution in [-0.4, -0.2) is 12.2 Å². The fraction of sp³-hybridized carbons (Fsp3) is 0.250. The molecule has 0 spiro atoms. The number of hydrogen-bond donors (Lipinski definition) is 1. The van der Waals surface area contributed by atoms with Gasteiger partial charge in [0.1, 0.15) is 18.1 Å². The van der Waals surface area contributed by atoms with Gasteiger partial charge in [0, 0.05) is 5.56 Å². The molecular weight excluding hydrogens is 240 g/mol. The Balaban J connectivity index is 2.09. The number of methoxy groups -OCH3 is 1. The number of hydrogen-bond acceptors (Lipinski definition) is 3. The van der Waals surface area contributed by atoms with Crippen molar-refractivity contribution in [3.05, 3.63) is 59.2 Å². The topological polar surface area (TPSA) is 38.7 Å². The number of aliphatic hydroxyl groups excluding tert-OH is 1. The van der Waals surface area contributed by atoms with E-state index in [1.165, 1.54) is 0 Å². The molecule has 0 aromatic heterocycles. The van der Waals surface area contributed by atoms with Crippen molar-refractivity contribution in [3.63, 3.8) is 0 Å². The Morgan fingerprint density at radius 3 is 2.68 bits per heavy atom. The third-order valence-corrected chi connectivity index (χ3v) is 2.91. The van der Waals surface area contributed by atoms with Gasteiger partial charge < -0.3 is 14.6 Å². The Labute approximate surface area is 113 Å². The van der Waals surface area contributed by atoms with Crippen molar-refractivity contribution in [2.24, 2.45) is 0 Å². The highest BCUT2D eigenvalue weighted by molar-refractivity contribution is 5.37. The summed E-state index contributed by atoms with van der Waals surface area (Å²) in [6, 6.07) is 13.5. The monoisotopic (exact) mass is 258 g/mol. The Hall–Kier alpha value is -2.00. The largest absolute Gasteiger partial charge is 0.497 e. The molecule has 0 atom stereocenters. The van der Waals surface area contributed by atoms with Crippen molar-refractivity contribution in [2.45, 2.75) is 20.1 Å². The van der Waals surface area contributed by atoms with Crippen LogP contribution in [0.1, 0.15) is 16.7 Å². The van der Waals surface area contributed by atoms with Crippen LogP contribution in [0.3, 0.4) is 0 Å². The van der Waals surface area contributed by atoms with E-state index in [2.05, 4.69) is 0 Å². The standard InChI is InChI=1S/C16H18O3/c1-12-6-7-16(14(8-12)10-17)19-11-13-4-3-5-15(9-13)18-2/h3-9,17H,10-11H2,1-2H3. The van der Waals surface area contributed by atoms with Gasteiger partial charge in [-0.05, 0) is 30.7 Å². The third kappa shape index (κ3) is 3.48. The number of aryl methyl sites for hydroxylation is 1. The number of ether oxygens (including phenoxy) is 2. The first-order valence-electron chi connectivity index (χ1n) is 6.19. The lowest BCUT2D eigenvalue weighted by Gasteiger charge is -2.11. The van der Waals surface area contributed by atoms with Gasteiger partial charge in [0.25, 0.3) is 0 Å². The van der Waals surface area contributed by atoms with E-state index >= 15 is 0 Å². The molecule has 0 saturated carbocycles. The highest BCUT2D eigenvalue weighted by Gasteiger charge is 2.04. The molecule has 3 heteroatoms. The van der Waals surface area contributed by atoms with Gasteiger partial charge in [-0.1, -0.05) is 29.8 Å². The van der Waals surface area contributed by atoms with Crippen LogP contribution in [0.2, 0.25) is 0 Å². The van der Waals surface area contributed by atoms with Crippen LogP contribution >= 0.6 is 0 Å². The second kappa shape index (κ2) is 6.25. The first-order chi connectivity index (χ1) is 9.22. The van der Waals surface area contributed by atoms with Crippen molar-refractivity contribution < 1.29 is 14.6 Å². The molecule has 0 aliphatic carbocycles. The summed E-state index contributed by atoms with van der Waals surface area (Å²) < 4.78 is 10.9. The van der Waals surface area contributed by atoms with Crippen molar-refractivity contribution in [1.29, 1.82) is 0 Å². The van der Waals surface area contributed by atoms with Crippen LogP contribution in [0.15, 0.2) is 42.5 Å². The first kappa shape index (κ1) is 13.4. The van der Waals surface area contributed by atoms with Crippen molar-refractivity contribution in [2.75, 3.05) is 7.11 Å². The van der Waals surface area contributed by atoms with Crippen LogP contribution in [-0.2, 0) is 13.2 Å².